The Hall–Kier alpha value is -3.03. The van der Waals surface area contributed by atoms with Gasteiger partial charge in [0.1, 0.15) is 0 Å². The van der Waals surface area contributed by atoms with E-state index in [1.807, 2.05) is 13.8 Å². The van der Waals surface area contributed by atoms with E-state index in [-0.39, 0.29) is 24.1 Å². The number of benzene rings is 2. The van der Waals surface area contributed by atoms with Gasteiger partial charge in [-0.1, -0.05) is 18.2 Å². The maximum absolute atomic E-state index is 12.7. The largest absolute Gasteiger partial charge is 0.416 e. The molecule has 2 aromatic rings. The molecule has 0 unspecified atom stereocenters. The molecule has 0 atom stereocenters. The van der Waals surface area contributed by atoms with Gasteiger partial charge in [-0.2, -0.15) is 13.2 Å². The third-order valence-corrected chi connectivity index (χ3v) is 3.47. The molecule has 2 rings (SSSR count). The molecule has 0 spiro atoms. The molecule has 5 nitrogen and oxygen atoms in total. The number of hydrogen-bond acceptors (Lipinski definition) is 2. The number of alkyl halides is 3. The summed E-state index contributed by atoms with van der Waals surface area (Å²) in [5.41, 5.74) is 0.500. The fourth-order valence-corrected chi connectivity index (χ4v) is 2.31. The average Bonchev–Trinajstić information content (AvgIpc) is 2.55. The highest BCUT2D eigenvalue weighted by molar-refractivity contribution is 5.93. The second-order valence-electron chi connectivity index (χ2n) is 6.25. The van der Waals surface area contributed by atoms with Crippen LogP contribution in [0.3, 0.4) is 0 Å². The molecule has 0 bridgehead atoms. The van der Waals surface area contributed by atoms with Crippen molar-refractivity contribution in [1.29, 1.82) is 0 Å². The molecule has 0 saturated heterocycles. The Bertz CT molecular complexity index is 803. The summed E-state index contributed by atoms with van der Waals surface area (Å²) in [7, 11) is 0. The molecule has 0 aliphatic rings. The highest BCUT2D eigenvalue weighted by Gasteiger charge is 2.30. The molecular weight excluding hydrogens is 359 g/mol. The van der Waals surface area contributed by atoms with Gasteiger partial charge >= 0.3 is 12.2 Å². The molecule has 0 aliphatic carbocycles. The zero-order valence-electron chi connectivity index (χ0n) is 14.9. The topological polar surface area (TPSA) is 70.2 Å². The number of carbonyl (C=O) groups excluding carboxylic acids is 2. The van der Waals surface area contributed by atoms with E-state index in [2.05, 4.69) is 16.0 Å². The van der Waals surface area contributed by atoms with E-state index in [0.29, 0.717) is 11.4 Å². The van der Waals surface area contributed by atoms with Crippen molar-refractivity contribution in [3.8, 4) is 0 Å². The standard InChI is InChI=1S/C19H20F3N3O2/c1-12(2)23-18(27)25-16-8-6-15(7-9-16)24-17(26)11-13-4-3-5-14(10-13)19(20,21)22/h3-10,12H,11H2,1-2H3,(H,24,26)(H2,23,25,27). The van der Waals surface area contributed by atoms with E-state index >= 15 is 0 Å². The summed E-state index contributed by atoms with van der Waals surface area (Å²) >= 11 is 0. The highest BCUT2D eigenvalue weighted by Crippen LogP contribution is 2.29. The third kappa shape index (κ3) is 6.65. The van der Waals surface area contributed by atoms with Crippen molar-refractivity contribution >= 4 is 23.3 Å². The predicted octanol–water partition coefficient (Wildman–Crippen LogP) is 4.42. The van der Waals surface area contributed by atoms with Crippen LogP contribution in [0.15, 0.2) is 48.5 Å². The monoisotopic (exact) mass is 379 g/mol. The number of nitrogens with one attached hydrogen (secondary N) is 3. The van der Waals surface area contributed by atoms with Crippen molar-refractivity contribution in [2.24, 2.45) is 0 Å². The lowest BCUT2D eigenvalue weighted by molar-refractivity contribution is -0.137. The second-order valence-corrected chi connectivity index (χ2v) is 6.25. The summed E-state index contributed by atoms with van der Waals surface area (Å²) in [6, 6.07) is 10.7. The van der Waals surface area contributed by atoms with E-state index in [0.717, 1.165) is 12.1 Å². The van der Waals surface area contributed by atoms with Crippen molar-refractivity contribution in [2.45, 2.75) is 32.5 Å². The maximum atomic E-state index is 12.7. The van der Waals surface area contributed by atoms with Crippen LogP contribution in [-0.4, -0.2) is 18.0 Å². The molecule has 0 aromatic heterocycles. The van der Waals surface area contributed by atoms with Crippen molar-refractivity contribution in [3.63, 3.8) is 0 Å². The number of urea groups is 1. The SMILES string of the molecule is CC(C)NC(=O)Nc1ccc(NC(=O)Cc2cccc(C(F)(F)F)c2)cc1. The maximum Gasteiger partial charge on any atom is 0.416 e. The van der Waals surface area contributed by atoms with Gasteiger partial charge in [0.15, 0.2) is 0 Å². The van der Waals surface area contributed by atoms with Crippen LogP contribution in [0.4, 0.5) is 29.3 Å². The van der Waals surface area contributed by atoms with Gasteiger partial charge in [0.05, 0.1) is 12.0 Å². The van der Waals surface area contributed by atoms with Gasteiger partial charge in [0.2, 0.25) is 5.91 Å². The van der Waals surface area contributed by atoms with Gasteiger partial charge in [-0.15, -0.1) is 0 Å². The summed E-state index contributed by atoms with van der Waals surface area (Å²) in [6.45, 7) is 3.67. The first-order valence-corrected chi connectivity index (χ1v) is 8.27. The fraction of sp³-hybridized carbons (Fsp3) is 0.263. The van der Waals surface area contributed by atoms with Gasteiger partial charge in [-0.05, 0) is 49.7 Å². The van der Waals surface area contributed by atoms with Crippen LogP contribution in [0.1, 0.15) is 25.0 Å². The lowest BCUT2D eigenvalue weighted by atomic mass is 10.1. The van der Waals surface area contributed by atoms with Crippen molar-refractivity contribution in [2.75, 3.05) is 10.6 Å². The quantitative estimate of drug-likeness (QED) is 0.720. The number of hydrogen-bond donors (Lipinski definition) is 3. The molecule has 0 saturated carbocycles. The van der Waals surface area contributed by atoms with Crippen LogP contribution < -0.4 is 16.0 Å². The molecular formula is C19H20F3N3O2. The van der Waals surface area contributed by atoms with E-state index in [9.17, 15) is 22.8 Å². The Morgan fingerprint density at radius 1 is 0.963 bits per heavy atom. The van der Waals surface area contributed by atoms with Crippen LogP contribution in [0.5, 0.6) is 0 Å². The zero-order chi connectivity index (χ0) is 20.0. The van der Waals surface area contributed by atoms with Crippen molar-refractivity contribution < 1.29 is 22.8 Å². The molecule has 144 valence electrons. The minimum absolute atomic E-state index is 0.000547. The first kappa shape index (κ1) is 20.3. The van der Waals surface area contributed by atoms with E-state index in [1.165, 1.54) is 12.1 Å². The Balaban J connectivity index is 1.93. The van der Waals surface area contributed by atoms with Gasteiger partial charge in [0, 0.05) is 17.4 Å². The summed E-state index contributed by atoms with van der Waals surface area (Å²) in [5, 5.41) is 7.94. The minimum Gasteiger partial charge on any atom is -0.336 e. The van der Waals surface area contributed by atoms with Crippen molar-refractivity contribution in [3.05, 3.63) is 59.7 Å². The smallest absolute Gasteiger partial charge is 0.336 e. The fourth-order valence-electron chi connectivity index (χ4n) is 2.31. The Kier molecular flexibility index (Phi) is 6.44. The average molecular weight is 379 g/mol. The highest BCUT2D eigenvalue weighted by atomic mass is 19.4. The van der Waals surface area contributed by atoms with Gasteiger partial charge in [0.25, 0.3) is 0 Å². The van der Waals surface area contributed by atoms with Crippen LogP contribution in [-0.2, 0) is 17.4 Å². The Labute approximate surface area is 155 Å². The van der Waals surface area contributed by atoms with Gasteiger partial charge < -0.3 is 16.0 Å². The molecule has 2 aromatic carbocycles. The van der Waals surface area contributed by atoms with Crippen LogP contribution in [0, 0.1) is 0 Å². The normalized spacial score (nSPS) is 11.2. The van der Waals surface area contributed by atoms with Crippen LogP contribution in [0.25, 0.3) is 0 Å². The van der Waals surface area contributed by atoms with Gasteiger partial charge in [-0.25, -0.2) is 4.79 Å². The molecule has 0 radical (unpaired) electrons. The second kappa shape index (κ2) is 8.57. The summed E-state index contributed by atoms with van der Waals surface area (Å²) < 4.78 is 38.1. The summed E-state index contributed by atoms with van der Waals surface area (Å²) in [4.78, 5) is 23.7. The molecule has 0 heterocycles. The molecule has 3 N–H and O–H groups in total. The molecule has 27 heavy (non-hydrogen) atoms. The van der Waals surface area contributed by atoms with Gasteiger partial charge in [-0.3, -0.25) is 4.79 Å². The molecule has 0 fully saturated rings. The first-order valence-electron chi connectivity index (χ1n) is 8.27. The van der Waals surface area contributed by atoms with Crippen molar-refractivity contribution in [1.82, 2.24) is 5.32 Å². The summed E-state index contributed by atoms with van der Waals surface area (Å²) in [5.74, 6) is -0.437. The first-order chi connectivity index (χ1) is 12.6. The number of halogens is 3. The molecule has 8 heteroatoms. The van der Waals surface area contributed by atoms with E-state index in [1.54, 1.807) is 24.3 Å². The van der Waals surface area contributed by atoms with E-state index < -0.39 is 17.6 Å². The minimum atomic E-state index is -4.45. The van der Waals surface area contributed by atoms with Crippen LogP contribution in [0.2, 0.25) is 0 Å². The molecule has 3 amide bonds. The predicted molar refractivity (Wildman–Crippen MR) is 97.5 cm³/mol. The number of carbonyl (C=O) groups is 2. The Morgan fingerprint density at radius 2 is 1.56 bits per heavy atom. The Morgan fingerprint density at radius 3 is 2.11 bits per heavy atom. The van der Waals surface area contributed by atoms with Crippen LogP contribution >= 0.6 is 0 Å². The number of anilines is 2. The zero-order valence-corrected chi connectivity index (χ0v) is 14.9. The lowest BCUT2D eigenvalue weighted by Gasteiger charge is -2.11. The van der Waals surface area contributed by atoms with E-state index in [4.69, 9.17) is 0 Å². The summed E-state index contributed by atoms with van der Waals surface area (Å²) in [6.07, 6.45) is -4.63. The number of amides is 3. The molecule has 0 aliphatic heterocycles. The lowest BCUT2D eigenvalue weighted by Crippen LogP contribution is -2.34. The number of rotatable bonds is 5. The third-order valence-electron chi connectivity index (χ3n) is 3.47.